The number of rotatable bonds is 6. The van der Waals surface area contributed by atoms with Crippen LogP contribution in [0, 0.1) is 0 Å². The fourth-order valence-corrected chi connectivity index (χ4v) is 12.1. The first-order chi connectivity index (χ1) is 32.7. The Morgan fingerprint density at radius 3 is 1.67 bits per heavy atom. The second-order valence-corrected chi connectivity index (χ2v) is 18.7. The van der Waals surface area contributed by atoms with E-state index in [0.717, 1.165) is 76.7 Å². The van der Waals surface area contributed by atoms with Crippen molar-refractivity contribution in [3.8, 4) is 56.1 Å². The van der Waals surface area contributed by atoms with Crippen LogP contribution in [0.3, 0.4) is 0 Å². The molecule has 0 aliphatic carbocycles. The molecule has 308 valence electrons. The van der Waals surface area contributed by atoms with Gasteiger partial charge in [0.25, 0.3) is 0 Å². The van der Waals surface area contributed by atoms with Crippen molar-refractivity contribution in [2.75, 3.05) is 0 Å². The van der Waals surface area contributed by atoms with E-state index >= 15 is 0 Å². The quantitative estimate of drug-likeness (QED) is 0.167. The minimum absolute atomic E-state index is 0.564. The molecule has 8 heteroatoms. The van der Waals surface area contributed by atoms with Gasteiger partial charge in [-0.05, 0) is 48.0 Å². The van der Waals surface area contributed by atoms with Gasteiger partial charge in [0.15, 0.2) is 11.6 Å². The molecule has 0 unspecified atom stereocenters. The lowest BCUT2D eigenvalue weighted by molar-refractivity contribution is 0.953. The molecule has 0 aliphatic rings. The van der Waals surface area contributed by atoms with Crippen LogP contribution in [0.2, 0.25) is 0 Å². The van der Waals surface area contributed by atoms with Gasteiger partial charge in [-0.15, -0.1) is 22.7 Å². The third kappa shape index (κ3) is 5.72. The predicted molar refractivity (Wildman–Crippen MR) is 276 cm³/mol. The Morgan fingerprint density at radius 2 is 0.924 bits per heavy atom. The maximum absolute atomic E-state index is 5.42. The minimum atomic E-state index is 0.564. The van der Waals surface area contributed by atoms with Crippen molar-refractivity contribution in [2.45, 2.75) is 0 Å². The second-order valence-electron chi connectivity index (χ2n) is 16.6. The molecule has 9 aromatic carbocycles. The highest BCUT2D eigenvalue weighted by atomic mass is 32.1. The first-order valence-corrected chi connectivity index (χ1v) is 23.6. The van der Waals surface area contributed by atoms with Gasteiger partial charge in [-0.25, -0.2) is 9.97 Å². The zero-order valence-electron chi connectivity index (χ0n) is 35.1. The van der Waals surface area contributed by atoms with E-state index in [2.05, 4.69) is 191 Å². The van der Waals surface area contributed by atoms with E-state index in [-0.39, 0.29) is 0 Å². The van der Waals surface area contributed by atoms with Crippen LogP contribution < -0.4 is 0 Å². The van der Waals surface area contributed by atoms with E-state index in [1.807, 2.05) is 24.3 Å². The van der Waals surface area contributed by atoms with Crippen molar-refractivity contribution in [3.05, 3.63) is 206 Å². The highest BCUT2D eigenvalue weighted by molar-refractivity contribution is 7.25. The van der Waals surface area contributed by atoms with Gasteiger partial charge in [0.05, 0.1) is 32.3 Å². The number of hydrogen-bond acceptors (Lipinski definition) is 6. The summed E-state index contributed by atoms with van der Waals surface area (Å²) in [6.45, 7) is 0. The molecule has 66 heavy (non-hydrogen) atoms. The topological polar surface area (TPSA) is 61.4 Å². The van der Waals surface area contributed by atoms with Gasteiger partial charge in [0.1, 0.15) is 5.01 Å². The fourth-order valence-electron chi connectivity index (χ4n) is 9.82. The zero-order chi connectivity index (χ0) is 43.3. The van der Waals surface area contributed by atoms with Gasteiger partial charge in [-0.2, -0.15) is 9.97 Å². The Labute approximate surface area is 386 Å². The predicted octanol–water partition coefficient (Wildman–Crippen LogP) is 15.7. The molecule has 0 atom stereocenters. The number of para-hydroxylation sites is 2. The number of thiazole rings is 1. The van der Waals surface area contributed by atoms with Crippen LogP contribution >= 0.6 is 22.7 Å². The number of hydrogen-bond donors (Lipinski definition) is 0. The summed E-state index contributed by atoms with van der Waals surface area (Å²) < 4.78 is 8.33. The van der Waals surface area contributed by atoms with Crippen LogP contribution in [-0.4, -0.2) is 29.1 Å². The van der Waals surface area contributed by atoms with E-state index in [1.165, 1.54) is 35.8 Å². The summed E-state index contributed by atoms with van der Waals surface area (Å²) >= 11 is 3.54. The van der Waals surface area contributed by atoms with E-state index in [9.17, 15) is 0 Å². The first kappa shape index (κ1) is 37.1. The number of fused-ring (bicyclic) bond motifs is 11. The molecule has 0 saturated heterocycles. The van der Waals surface area contributed by atoms with E-state index in [1.54, 1.807) is 22.7 Å². The SMILES string of the molecule is c1ccc(-c2nc(-c3ccc4c(c3)sc3ccccc34)nc(-n3c4ccccc4c4ccc5c6ccccc6n(-c6ccc(-c7cccc8nc(-c9ccccc9)sc78)cc6)c5c43)n2)cc1. The van der Waals surface area contributed by atoms with Crippen LogP contribution in [0.25, 0.3) is 130 Å². The number of nitrogens with zero attached hydrogens (tertiary/aromatic N) is 6. The molecule has 0 aliphatic heterocycles. The van der Waals surface area contributed by atoms with Crippen LogP contribution in [0.15, 0.2) is 206 Å². The van der Waals surface area contributed by atoms with Gasteiger partial charge in [0, 0.05) is 69.7 Å². The Balaban J connectivity index is 1.00. The van der Waals surface area contributed by atoms with Crippen LogP contribution in [0.5, 0.6) is 0 Å². The Morgan fingerprint density at radius 1 is 0.348 bits per heavy atom. The van der Waals surface area contributed by atoms with E-state index in [4.69, 9.17) is 19.9 Å². The van der Waals surface area contributed by atoms with Crippen molar-refractivity contribution < 1.29 is 0 Å². The van der Waals surface area contributed by atoms with Crippen molar-refractivity contribution in [1.82, 2.24) is 29.1 Å². The minimum Gasteiger partial charge on any atom is -0.307 e. The first-order valence-electron chi connectivity index (χ1n) is 22.0. The molecule has 14 aromatic rings. The third-order valence-electron chi connectivity index (χ3n) is 12.8. The molecule has 6 nitrogen and oxygen atoms in total. The molecule has 14 rings (SSSR count). The Bertz CT molecular complexity index is 4220. The van der Waals surface area contributed by atoms with E-state index in [0.29, 0.717) is 17.6 Å². The normalized spacial score (nSPS) is 11.9. The maximum atomic E-state index is 5.42. The molecule has 0 saturated carbocycles. The molecular formula is C58H34N6S2. The molecule has 0 N–H and O–H groups in total. The summed E-state index contributed by atoms with van der Waals surface area (Å²) in [7, 11) is 0. The van der Waals surface area contributed by atoms with Crippen LogP contribution in [0.4, 0.5) is 0 Å². The second kappa shape index (κ2) is 14.6. The lowest BCUT2D eigenvalue weighted by atomic mass is 10.0. The average molecular weight is 879 g/mol. The lowest BCUT2D eigenvalue weighted by Crippen LogP contribution is -2.07. The summed E-state index contributed by atoms with van der Waals surface area (Å²) in [5.74, 6) is 1.81. The molecule has 0 spiro atoms. The summed E-state index contributed by atoms with van der Waals surface area (Å²) in [5.41, 5.74) is 11.7. The maximum Gasteiger partial charge on any atom is 0.238 e. The molecule has 0 radical (unpaired) electrons. The summed E-state index contributed by atoms with van der Waals surface area (Å²) in [6.07, 6.45) is 0. The van der Waals surface area contributed by atoms with Gasteiger partial charge >= 0.3 is 0 Å². The highest BCUT2D eigenvalue weighted by Crippen LogP contribution is 2.43. The smallest absolute Gasteiger partial charge is 0.238 e. The van der Waals surface area contributed by atoms with Crippen molar-refractivity contribution in [2.24, 2.45) is 0 Å². The molecule has 5 heterocycles. The standard InChI is InChI=1S/C58H34N6S2/c1-3-14-36(15-4-1)55-60-56(38-28-31-44-43-20-9-12-25-50(43)65-51(44)34-38)62-58(61-55)64-49-24-11-8-19-42(49)46-33-32-45-41-18-7-10-23-48(41)63(52(45)53(46)64)39-29-26-35(27-30-39)40-21-13-22-47-54(40)66-57(59-47)37-16-5-2-6-17-37/h1-34H. The van der Waals surface area contributed by atoms with E-state index < -0.39 is 0 Å². The number of thiophene rings is 1. The van der Waals surface area contributed by atoms with Crippen molar-refractivity contribution >= 4 is 96.7 Å². The van der Waals surface area contributed by atoms with Crippen LogP contribution in [-0.2, 0) is 0 Å². The fraction of sp³-hybridized carbons (Fsp3) is 0. The monoisotopic (exact) mass is 878 g/mol. The molecule has 0 fully saturated rings. The number of benzene rings is 9. The highest BCUT2D eigenvalue weighted by Gasteiger charge is 2.24. The van der Waals surface area contributed by atoms with Gasteiger partial charge in [0.2, 0.25) is 5.95 Å². The summed E-state index contributed by atoms with van der Waals surface area (Å²) in [5, 5.41) is 8.11. The van der Waals surface area contributed by atoms with Crippen molar-refractivity contribution in [1.29, 1.82) is 0 Å². The zero-order valence-corrected chi connectivity index (χ0v) is 36.8. The third-order valence-corrected chi connectivity index (χ3v) is 15.1. The Hall–Kier alpha value is -8.30. The van der Waals surface area contributed by atoms with Gasteiger partial charge in [-0.3, -0.25) is 4.57 Å². The number of aromatic nitrogens is 6. The van der Waals surface area contributed by atoms with Gasteiger partial charge < -0.3 is 4.57 Å². The van der Waals surface area contributed by atoms with Crippen molar-refractivity contribution in [3.63, 3.8) is 0 Å². The lowest BCUT2D eigenvalue weighted by Gasteiger charge is -2.14. The molecule has 5 aromatic heterocycles. The molecular weight excluding hydrogens is 845 g/mol. The average Bonchev–Trinajstić information content (AvgIpc) is 4.16. The Kier molecular flexibility index (Phi) is 8.22. The largest absolute Gasteiger partial charge is 0.307 e. The molecule has 0 bridgehead atoms. The summed E-state index contributed by atoms with van der Waals surface area (Å²) in [4.78, 5) is 21.0. The summed E-state index contributed by atoms with van der Waals surface area (Å²) in [6, 6.07) is 73.2. The molecule has 0 amide bonds. The van der Waals surface area contributed by atoms with Gasteiger partial charge in [-0.1, -0.05) is 164 Å². The van der Waals surface area contributed by atoms with Crippen LogP contribution in [0.1, 0.15) is 0 Å².